The molecule has 1 fully saturated rings. The molecule has 0 radical (unpaired) electrons. The third kappa shape index (κ3) is 5.40. The van der Waals surface area contributed by atoms with Crippen molar-refractivity contribution >= 4 is 0 Å². The zero-order chi connectivity index (χ0) is 16.7. The van der Waals surface area contributed by atoms with Crippen LogP contribution < -0.4 is 9.47 Å². The summed E-state index contributed by atoms with van der Waals surface area (Å²) in [5.41, 5.74) is 0.905. The third-order valence-corrected chi connectivity index (χ3v) is 4.41. The van der Waals surface area contributed by atoms with E-state index in [1.807, 2.05) is 32.0 Å². The summed E-state index contributed by atoms with van der Waals surface area (Å²) in [4.78, 5) is 2.47. The van der Waals surface area contributed by atoms with Gasteiger partial charge in [0.15, 0.2) is 11.5 Å². The molecule has 2 atom stereocenters. The lowest BCUT2D eigenvalue weighted by Crippen LogP contribution is -2.35. The van der Waals surface area contributed by atoms with Gasteiger partial charge in [0.1, 0.15) is 0 Å². The van der Waals surface area contributed by atoms with Crippen LogP contribution in [-0.4, -0.2) is 42.9 Å². The van der Waals surface area contributed by atoms with E-state index >= 15 is 0 Å². The molecule has 1 aromatic rings. The molecule has 1 aromatic carbocycles. The first-order valence-corrected chi connectivity index (χ1v) is 8.94. The highest BCUT2D eigenvalue weighted by Crippen LogP contribution is 2.31. The largest absolute Gasteiger partial charge is 0.490 e. The summed E-state index contributed by atoms with van der Waals surface area (Å²) < 4.78 is 11.2. The lowest BCUT2D eigenvalue weighted by molar-refractivity contribution is 0.121. The average Bonchev–Trinajstić information content (AvgIpc) is 2.55. The minimum absolute atomic E-state index is 0.456. The second kappa shape index (κ2) is 9.14. The van der Waals surface area contributed by atoms with Gasteiger partial charge in [-0.3, -0.25) is 0 Å². The van der Waals surface area contributed by atoms with Crippen LogP contribution in [0.25, 0.3) is 0 Å². The molecule has 0 aliphatic carbocycles. The van der Waals surface area contributed by atoms with Gasteiger partial charge in [0.05, 0.1) is 19.3 Å². The van der Waals surface area contributed by atoms with E-state index in [2.05, 4.69) is 11.8 Å². The van der Waals surface area contributed by atoms with E-state index in [4.69, 9.17) is 9.47 Å². The maximum absolute atomic E-state index is 10.5. The first-order valence-electron chi connectivity index (χ1n) is 8.94. The number of nitrogens with zero attached hydrogens (tertiary/aromatic N) is 1. The highest BCUT2D eigenvalue weighted by Gasteiger charge is 2.18. The monoisotopic (exact) mass is 321 g/mol. The number of aliphatic hydroxyl groups excluding tert-OH is 1. The van der Waals surface area contributed by atoms with Gasteiger partial charge in [-0.1, -0.05) is 13.0 Å². The van der Waals surface area contributed by atoms with Crippen molar-refractivity contribution in [3.8, 4) is 11.5 Å². The summed E-state index contributed by atoms with van der Waals surface area (Å²) in [5, 5.41) is 10.5. The van der Waals surface area contributed by atoms with Crippen LogP contribution in [0.15, 0.2) is 18.2 Å². The predicted molar refractivity (Wildman–Crippen MR) is 93.2 cm³/mol. The topological polar surface area (TPSA) is 41.9 Å². The van der Waals surface area contributed by atoms with Gasteiger partial charge in [-0.25, -0.2) is 0 Å². The molecule has 4 heteroatoms. The molecule has 1 heterocycles. The molecule has 2 rings (SSSR count). The second-order valence-corrected chi connectivity index (χ2v) is 6.42. The first kappa shape index (κ1) is 18.1. The molecule has 2 unspecified atom stereocenters. The highest BCUT2D eigenvalue weighted by molar-refractivity contribution is 5.43. The van der Waals surface area contributed by atoms with Gasteiger partial charge in [0.2, 0.25) is 0 Å². The normalized spacial score (nSPS) is 20.3. The van der Waals surface area contributed by atoms with Crippen LogP contribution in [-0.2, 0) is 0 Å². The molecular weight excluding hydrogens is 290 g/mol. The summed E-state index contributed by atoms with van der Waals surface area (Å²) in [6.45, 7) is 10.7. The van der Waals surface area contributed by atoms with Gasteiger partial charge in [0.25, 0.3) is 0 Å². The Morgan fingerprint density at radius 3 is 2.65 bits per heavy atom. The fourth-order valence-corrected chi connectivity index (χ4v) is 3.24. The molecule has 0 aromatic heterocycles. The quantitative estimate of drug-likeness (QED) is 0.794. The molecule has 0 spiro atoms. The van der Waals surface area contributed by atoms with Gasteiger partial charge < -0.3 is 19.5 Å². The Bertz CT molecular complexity index is 478. The van der Waals surface area contributed by atoms with Crippen molar-refractivity contribution < 1.29 is 14.6 Å². The van der Waals surface area contributed by atoms with Crippen LogP contribution in [0.5, 0.6) is 11.5 Å². The van der Waals surface area contributed by atoms with Crippen molar-refractivity contribution in [2.24, 2.45) is 5.92 Å². The van der Waals surface area contributed by atoms with Gasteiger partial charge >= 0.3 is 0 Å². The van der Waals surface area contributed by atoms with Crippen LogP contribution in [0.1, 0.15) is 51.7 Å². The summed E-state index contributed by atoms with van der Waals surface area (Å²) in [7, 11) is 0. The highest BCUT2D eigenvalue weighted by atomic mass is 16.5. The van der Waals surface area contributed by atoms with Crippen molar-refractivity contribution in [2.45, 2.75) is 46.1 Å². The molecule has 0 saturated carbocycles. The van der Waals surface area contributed by atoms with Gasteiger partial charge in [-0.2, -0.15) is 0 Å². The van der Waals surface area contributed by atoms with Crippen LogP contribution in [0.4, 0.5) is 0 Å². The summed E-state index contributed by atoms with van der Waals surface area (Å²) in [5.74, 6) is 2.24. The zero-order valence-corrected chi connectivity index (χ0v) is 14.8. The fourth-order valence-electron chi connectivity index (χ4n) is 3.24. The maximum Gasteiger partial charge on any atom is 0.161 e. The number of hydrogen-bond acceptors (Lipinski definition) is 4. The van der Waals surface area contributed by atoms with Gasteiger partial charge in [-0.05, 0) is 63.3 Å². The Balaban J connectivity index is 1.95. The van der Waals surface area contributed by atoms with Crippen LogP contribution in [0.3, 0.4) is 0 Å². The SMILES string of the molecule is CCOc1ccc(C(O)CCN2CCCC(C)C2)cc1OCC. The van der Waals surface area contributed by atoms with Crippen molar-refractivity contribution in [1.29, 1.82) is 0 Å². The molecule has 130 valence electrons. The van der Waals surface area contributed by atoms with Gasteiger partial charge in [0, 0.05) is 13.1 Å². The van der Waals surface area contributed by atoms with E-state index in [0.717, 1.165) is 49.0 Å². The van der Waals surface area contributed by atoms with Crippen molar-refractivity contribution in [3.05, 3.63) is 23.8 Å². The number of rotatable bonds is 8. The molecule has 1 aliphatic rings. The van der Waals surface area contributed by atoms with E-state index < -0.39 is 6.10 Å². The van der Waals surface area contributed by atoms with Crippen molar-refractivity contribution in [3.63, 3.8) is 0 Å². The number of ether oxygens (including phenoxy) is 2. The molecule has 1 aliphatic heterocycles. The second-order valence-electron chi connectivity index (χ2n) is 6.42. The van der Waals surface area contributed by atoms with Crippen LogP contribution >= 0.6 is 0 Å². The molecule has 0 amide bonds. The summed E-state index contributed by atoms with van der Waals surface area (Å²) >= 11 is 0. The van der Waals surface area contributed by atoms with E-state index in [-0.39, 0.29) is 0 Å². The van der Waals surface area contributed by atoms with E-state index in [1.54, 1.807) is 0 Å². The minimum Gasteiger partial charge on any atom is -0.490 e. The van der Waals surface area contributed by atoms with E-state index in [0.29, 0.717) is 13.2 Å². The Hall–Kier alpha value is -1.26. The number of likely N-dealkylation sites (tertiary alicyclic amines) is 1. The van der Waals surface area contributed by atoms with Crippen LogP contribution in [0.2, 0.25) is 0 Å². The van der Waals surface area contributed by atoms with E-state index in [1.165, 1.54) is 12.8 Å². The van der Waals surface area contributed by atoms with Crippen LogP contribution in [0, 0.1) is 5.92 Å². The van der Waals surface area contributed by atoms with Crippen molar-refractivity contribution in [1.82, 2.24) is 4.90 Å². The minimum atomic E-state index is -0.456. The lowest BCUT2D eigenvalue weighted by Gasteiger charge is -2.31. The lowest BCUT2D eigenvalue weighted by atomic mass is 9.99. The van der Waals surface area contributed by atoms with E-state index in [9.17, 15) is 5.11 Å². The maximum atomic E-state index is 10.5. The average molecular weight is 321 g/mol. The Morgan fingerprint density at radius 1 is 1.22 bits per heavy atom. The summed E-state index contributed by atoms with van der Waals surface area (Å²) in [6, 6.07) is 5.75. The fraction of sp³-hybridized carbons (Fsp3) is 0.684. The Morgan fingerprint density at radius 2 is 1.96 bits per heavy atom. The zero-order valence-electron chi connectivity index (χ0n) is 14.8. The van der Waals surface area contributed by atoms with Crippen molar-refractivity contribution in [2.75, 3.05) is 32.8 Å². The number of piperidine rings is 1. The number of aliphatic hydroxyl groups is 1. The molecule has 23 heavy (non-hydrogen) atoms. The molecule has 1 N–H and O–H groups in total. The third-order valence-electron chi connectivity index (χ3n) is 4.41. The molecule has 1 saturated heterocycles. The Labute approximate surface area is 140 Å². The number of hydrogen-bond donors (Lipinski definition) is 1. The number of benzene rings is 1. The molecule has 4 nitrogen and oxygen atoms in total. The first-order chi connectivity index (χ1) is 11.1. The Kier molecular flexibility index (Phi) is 7.18. The molecule has 0 bridgehead atoms. The van der Waals surface area contributed by atoms with Gasteiger partial charge in [-0.15, -0.1) is 0 Å². The smallest absolute Gasteiger partial charge is 0.161 e. The predicted octanol–water partition coefficient (Wildman–Crippen LogP) is 3.64. The standard InChI is InChI=1S/C19H31NO3/c1-4-22-18-9-8-16(13-19(18)23-5-2)17(21)10-12-20-11-6-7-15(3)14-20/h8-9,13,15,17,21H,4-7,10-12,14H2,1-3H3. The molecular formula is C19H31NO3. The summed E-state index contributed by atoms with van der Waals surface area (Å²) in [6.07, 6.45) is 2.90.